The average molecular weight is 279 g/mol. The molecule has 1 N–H and O–H groups in total. The van der Waals surface area contributed by atoms with Crippen molar-refractivity contribution in [2.24, 2.45) is 0 Å². The van der Waals surface area contributed by atoms with Crippen LogP contribution in [0.3, 0.4) is 0 Å². The van der Waals surface area contributed by atoms with E-state index in [0.717, 1.165) is 41.8 Å². The molecule has 2 rings (SSSR count). The molecule has 2 aromatic rings. The number of nitrogens with zero attached hydrogens (tertiary/aromatic N) is 4. The first-order valence-electron chi connectivity index (χ1n) is 6.56. The molecule has 5 nitrogen and oxygen atoms in total. The Bertz CT molecular complexity index is 523. The number of rotatable bonds is 7. The molecule has 0 aliphatic rings. The van der Waals surface area contributed by atoms with Crippen LogP contribution in [0.4, 0.5) is 5.82 Å². The van der Waals surface area contributed by atoms with Gasteiger partial charge >= 0.3 is 0 Å². The molecule has 0 saturated carbocycles. The first-order chi connectivity index (χ1) is 9.20. The normalized spacial score (nSPS) is 11.4. The molecule has 0 radical (unpaired) electrons. The van der Waals surface area contributed by atoms with Gasteiger partial charge in [0.1, 0.15) is 10.8 Å². The van der Waals surface area contributed by atoms with Crippen molar-refractivity contribution in [2.75, 3.05) is 38.3 Å². The smallest absolute Gasteiger partial charge is 0.169 e. The zero-order valence-electron chi connectivity index (χ0n) is 11.8. The standard InChI is InChI=1S/C13H21N5S/c1-4-5-14-11-10-18-7-6-15-12(18)13(16-11)19-9-8-17(2)3/h6-7,10,14H,4-5,8-9H2,1-3H3. The molecule has 2 heterocycles. The van der Waals surface area contributed by atoms with Crippen LogP contribution in [0.5, 0.6) is 0 Å². The van der Waals surface area contributed by atoms with Crippen LogP contribution in [0.2, 0.25) is 0 Å². The lowest BCUT2D eigenvalue weighted by Gasteiger charge is -2.10. The van der Waals surface area contributed by atoms with E-state index in [1.165, 1.54) is 0 Å². The lowest BCUT2D eigenvalue weighted by molar-refractivity contribution is 0.437. The minimum atomic E-state index is 0.916. The molecule has 6 heteroatoms. The van der Waals surface area contributed by atoms with Crippen LogP contribution in [0.15, 0.2) is 23.6 Å². The van der Waals surface area contributed by atoms with Crippen molar-refractivity contribution in [3.63, 3.8) is 0 Å². The van der Waals surface area contributed by atoms with Crippen molar-refractivity contribution in [1.29, 1.82) is 0 Å². The van der Waals surface area contributed by atoms with Gasteiger partial charge in [-0.2, -0.15) is 0 Å². The second-order valence-corrected chi connectivity index (χ2v) is 5.75. The summed E-state index contributed by atoms with van der Waals surface area (Å²) in [4.78, 5) is 11.2. The summed E-state index contributed by atoms with van der Waals surface area (Å²) < 4.78 is 2.03. The van der Waals surface area contributed by atoms with Gasteiger partial charge in [0.2, 0.25) is 0 Å². The summed E-state index contributed by atoms with van der Waals surface area (Å²) in [5.74, 6) is 1.93. The van der Waals surface area contributed by atoms with Crippen LogP contribution in [0, 0.1) is 0 Å². The zero-order valence-corrected chi connectivity index (χ0v) is 12.6. The summed E-state index contributed by atoms with van der Waals surface area (Å²) >= 11 is 1.75. The quantitative estimate of drug-likeness (QED) is 0.787. The number of hydrogen-bond donors (Lipinski definition) is 1. The number of hydrogen-bond acceptors (Lipinski definition) is 5. The van der Waals surface area contributed by atoms with E-state index in [-0.39, 0.29) is 0 Å². The Balaban J connectivity index is 2.16. The van der Waals surface area contributed by atoms with E-state index in [9.17, 15) is 0 Å². The van der Waals surface area contributed by atoms with Crippen LogP contribution in [0.1, 0.15) is 13.3 Å². The number of fused-ring (bicyclic) bond motifs is 1. The van der Waals surface area contributed by atoms with E-state index in [4.69, 9.17) is 0 Å². The van der Waals surface area contributed by atoms with E-state index in [1.807, 2.05) is 23.0 Å². The van der Waals surface area contributed by atoms with E-state index in [0.29, 0.717) is 0 Å². The average Bonchev–Trinajstić information content (AvgIpc) is 2.84. The van der Waals surface area contributed by atoms with Crippen LogP contribution in [-0.2, 0) is 0 Å². The molecule has 0 aliphatic heterocycles. The fourth-order valence-electron chi connectivity index (χ4n) is 1.66. The number of nitrogens with one attached hydrogen (secondary N) is 1. The largest absolute Gasteiger partial charge is 0.369 e. The van der Waals surface area contributed by atoms with Gasteiger partial charge in [-0.15, -0.1) is 11.8 Å². The third kappa shape index (κ3) is 3.84. The SMILES string of the molecule is CCCNc1cn2ccnc2c(SCCN(C)C)n1. The maximum atomic E-state index is 4.66. The molecule has 19 heavy (non-hydrogen) atoms. The Morgan fingerprint density at radius 3 is 3.00 bits per heavy atom. The summed E-state index contributed by atoms with van der Waals surface area (Å²) in [6.07, 6.45) is 6.86. The Labute approximate surface area is 118 Å². The molecule has 0 fully saturated rings. The summed E-state index contributed by atoms with van der Waals surface area (Å²) in [5.41, 5.74) is 0.936. The van der Waals surface area contributed by atoms with Gasteiger partial charge in [-0.3, -0.25) is 0 Å². The highest BCUT2D eigenvalue weighted by atomic mass is 32.2. The van der Waals surface area contributed by atoms with Crippen LogP contribution < -0.4 is 5.32 Å². The second kappa shape index (κ2) is 6.77. The van der Waals surface area contributed by atoms with E-state index >= 15 is 0 Å². The zero-order chi connectivity index (χ0) is 13.7. The van der Waals surface area contributed by atoms with Gasteiger partial charge in [0, 0.05) is 31.2 Å². The predicted octanol–water partition coefficient (Wildman–Crippen LogP) is 2.20. The van der Waals surface area contributed by atoms with Crippen molar-refractivity contribution in [3.05, 3.63) is 18.6 Å². The van der Waals surface area contributed by atoms with Crippen LogP contribution in [0.25, 0.3) is 5.65 Å². The minimum absolute atomic E-state index is 0.916. The van der Waals surface area contributed by atoms with Crippen molar-refractivity contribution < 1.29 is 0 Å². The molecule has 0 saturated heterocycles. The van der Waals surface area contributed by atoms with Crippen molar-refractivity contribution in [1.82, 2.24) is 19.3 Å². The molecular formula is C13H21N5S. The number of aromatic nitrogens is 3. The van der Waals surface area contributed by atoms with Gasteiger partial charge in [-0.1, -0.05) is 6.92 Å². The Hall–Kier alpha value is -1.27. The van der Waals surface area contributed by atoms with E-state index in [2.05, 4.69) is 41.2 Å². The predicted molar refractivity (Wildman–Crippen MR) is 81.0 cm³/mol. The van der Waals surface area contributed by atoms with Gasteiger partial charge in [0.05, 0.1) is 6.20 Å². The topological polar surface area (TPSA) is 45.5 Å². The first kappa shape index (κ1) is 14.1. The molecule has 104 valence electrons. The van der Waals surface area contributed by atoms with Crippen LogP contribution in [-0.4, -0.2) is 52.2 Å². The van der Waals surface area contributed by atoms with Crippen molar-refractivity contribution >= 4 is 23.2 Å². The Kier molecular flexibility index (Phi) is 5.04. The van der Waals surface area contributed by atoms with Gasteiger partial charge in [-0.05, 0) is 20.5 Å². The molecule has 0 bridgehead atoms. The summed E-state index contributed by atoms with van der Waals surface area (Å²) in [6, 6.07) is 0. The van der Waals surface area contributed by atoms with Gasteiger partial charge in [0.15, 0.2) is 5.65 Å². The fourth-order valence-corrected chi connectivity index (χ4v) is 2.76. The summed E-state index contributed by atoms with van der Waals surface area (Å²) in [6.45, 7) is 4.12. The maximum Gasteiger partial charge on any atom is 0.169 e. The van der Waals surface area contributed by atoms with Gasteiger partial charge in [-0.25, -0.2) is 9.97 Å². The van der Waals surface area contributed by atoms with Gasteiger partial charge < -0.3 is 14.6 Å². The van der Waals surface area contributed by atoms with Crippen molar-refractivity contribution in [2.45, 2.75) is 18.4 Å². The third-order valence-corrected chi connectivity index (χ3v) is 3.61. The summed E-state index contributed by atoms with van der Waals surface area (Å²) in [5, 5.41) is 4.33. The lowest BCUT2D eigenvalue weighted by Crippen LogP contribution is -2.15. The Morgan fingerprint density at radius 2 is 2.26 bits per heavy atom. The molecule has 0 unspecified atom stereocenters. The van der Waals surface area contributed by atoms with E-state index < -0.39 is 0 Å². The van der Waals surface area contributed by atoms with Crippen molar-refractivity contribution in [3.8, 4) is 0 Å². The van der Waals surface area contributed by atoms with E-state index in [1.54, 1.807) is 11.8 Å². The van der Waals surface area contributed by atoms with Gasteiger partial charge in [0.25, 0.3) is 0 Å². The molecule has 0 atom stereocenters. The number of imidazole rings is 1. The lowest BCUT2D eigenvalue weighted by atomic mass is 10.5. The highest BCUT2D eigenvalue weighted by Gasteiger charge is 2.08. The molecule has 0 aromatic carbocycles. The minimum Gasteiger partial charge on any atom is -0.369 e. The fraction of sp³-hybridized carbons (Fsp3) is 0.538. The highest BCUT2D eigenvalue weighted by molar-refractivity contribution is 7.99. The number of anilines is 1. The summed E-state index contributed by atoms with van der Waals surface area (Å²) in [7, 11) is 4.16. The molecule has 0 amide bonds. The molecular weight excluding hydrogens is 258 g/mol. The molecule has 2 aromatic heterocycles. The highest BCUT2D eigenvalue weighted by Crippen LogP contribution is 2.22. The Morgan fingerprint density at radius 1 is 1.42 bits per heavy atom. The first-order valence-corrected chi connectivity index (χ1v) is 7.54. The van der Waals surface area contributed by atoms with Crippen LogP contribution >= 0.6 is 11.8 Å². The monoisotopic (exact) mass is 279 g/mol. The molecule has 0 aliphatic carbocycles. The third-order valence-electron chi connectivity index (χ3n) is 2.68. The second-order valence-electron chi connectivity index (χ2n) is 4.67. The molecule has 0 spiro atoms. The number of thioether (sulfide) groups is 1. The maximum absolute atomic E-state index is 4.66.